The maximum Gasteiger partial charge on any atom is 0.165 e. The molecule has 9 aromatic rings. The number of aryl methyl sites for hydroxylation is 1. The molecule has 4 heteroatoms. The standard InChI is InChI=1S/C47H31N3O/c1-3-13-30(14-4-1)31-23-25-33(26-24-31)46-48-45(32-15-5-2-6-16-32)49-47(50-46)44-38(27-28-42-43(44)39-21-11-12-22-41(39)51-42)40-29-34-17-7-8-18-35(34)36-19-9-10-20-37(36)40/h1-6,8-16,18-29H,7,17H2. The Morgan fingerprint density at radius 3 is 1.80 bits per heavy atom. The quantitative estimate of drug-likeness (QED) is 0.185. The van der Waals surface area contributed by atoms with Crippen molar-refractivity contribution in [3.05, 3.63) is 169 Å². The number of para-hydroxylation sites is 1. The Bertz CT molecular complexity index is 2780. The fourth-order valence-electron chi connectivity index (χ4n) is 7.57. The minimum absolute atomic E-state index is 0.611. The molecule has 0 bridgehead atoms. The number of furan rings is 1. The molecule has 7 aromatic carbocycles. The molecular weight excluding hydrogens is 623 g/mol. The van der Waals surface area contributed by atoms with Crippen LogP contribution in [0.3, 0.4) is 0 Å². The highest BCUT2D eigenvalue weighted by atomic mass is 16.3. The molecule has 0 unspecified atom stereocenters. The number of fused-ring (bicyclic) bond motifs is 6. The van der Waals surface area contributed by atoms with Gasteiger partial charge in [0, 0.05) is 27.5 Å². The first-order valence-electron chi connectivity index (χ1n) is 17.4. The molecule has 0 fully saturated rings. The first kappa shape index (κ1) is 29.3. The molecule has 2 aromatic heterocycles. The van der Waals surface area contributed by atoms with Crippen LogP contribution in [0.1, 0.15) is 17.5 Å². The van der Waals surface area contributed by atoms with Gasteiger partial charge >= 0.3 is 0 Å². The Morgan fingerprint density at radius 1 is 0.451 bits per heavy atom. The number of hydrogen-bond donors (Lipinski definition) is 0. The molecule has 0 saturated heterocycles. The van der Waals surface area contributed by atoms with Crippen LogP contribution >= 0.6 is 0 Å². The third-order valence-electron chi connectivity index (χ3n) is 10.0. The molecule has 51 heavy (non-hydrogen) atoms. The number of nitrogens with zero attached hydrogens (tertiary/aromatic N) is 3. The number of aromatic nitrogens is 3. The molecule has 0 radical (unpaired) electrons. The van der Waals surface area contributed by atoms with Crippen LogP contribution in [0, 0.1) is 0 Å². The van der Waals surface area contributed by atoms with E-state index in [9.17, 15) is 0 Å². The summed E-state index contributed by atoms with van der Waals surface area (Å²) in [4.78, 5) is 15.7. The summed E-state index contributed by atoms with van der Waals surface area (Å²) >= 11 is 0. The molecule has 4 nitrogen and oxygen atoms in total. The third kappa shape index (κ3) is 5.03. The minimum atomic E-state index is 0.611. The highest BCUT2D eigenvalue weighted by Crippen LogP contribution is 2.45. The zero-order valence-corrected chi connectivity index (χ0v) is 27.8. The van der Waals surface area contributed by atoms with E-state index < -0.39 is 0 Å². The summed E-state index contributed by atoms with van der Waals surface area (Å²) in [5, 5.41) is 4.49. The minimum Gasteiger partial charge on any atom is -0.456 e. The average molecular weight is 654 g/mol. The Morgan fingerprint density at radius 2 is 1.04 bits per heavy atom. The van der Waals surface area contributed by atoms with Crippen LogP contribution in [0.25, 0.3) is 95.2 Å². The number of hydrogen-bond acceptors (Lipinski definition) is 4. The van der Waals surface area contributed by atoms with Gasteiger partial charge in [0.1, 0.15) is 11.2 Å². The normalized spacial score (nSPS) is 12.5. The van der Waals surface area contributed by atoms with Crippen LogP contribution in [-0.4, -0.2) is 15.0 Å². The van der Waals surface area contributed by atoms with E-state index in [1.54, 1.807) is 0 Å². The second-order valence-corrected chi connectivity index (χ2v) is 13.1. The zero-order chi connectivity index (χ0) is 33.7. The van der Waals surface area contributed by atoms with Gasteiger partial charge in [-0.15, -0.1) is 0 Å². The van der Waals surface area contributed by atoms with Crippen molar-refractivity contribution in [1.82, 2.24) is 15.0 Å². The van der Waals surface area contributed by atoms with Crippen molar-refractivity contribution in [2.24, 2.45) is 0 Å². The topological polar surface area (TPSA) is 51.8 Å². The predicted octanol–water partition coefficient (Wildman–Crippen LogP) is 12.2. The van der Waals surface area contributed by atoms with E-state index in [-0.39, 0.29) is 0 Å². The highest BCUT2D eigenvalue weighted by molar-refractivity contribution is 6.17. The average Bonchev–Trinajstić information content (AvgIpc) is 3.59. The Kier molecular flexibility index (Phi) is 6.91. The molecule has 0 spiro atoms. The van der Waals surface area contributed by atoms with Crippen molar-refractivity contribution in [2.45, 2.75) is 12.8 Å². The van der Waals surface area contributed by atoms with Gasteiger partial charge in [0.2, 0.25) is 0 Å². The summed E-state index contributed by atoms with van der Waals surface area (Å²) in [5.74, 6) is 1.86. The van der Waals surface area contributed by atoms with Crippen LogP contribution in [0.2, 0.25) is 0 Å². The van der Waals surface area contributed by atoms with Crippen molar-refractivity contribution in [1.29, 1.82) is 0 Å². The maximum atomic E-state index is 6.49. The third-order valence-corrected chi connectivity index (χ3v) is 10.0. The van der Waals surface area contributed by atoms with E-state index in [1.165, 1.54) is 27.5 Å². The largest absolute Gasteiger partial charge is 0.456 e. The van der Waals surface area contributed by atoms with Crippen LogP contribution in [0.4, 0.5) is 0 Å². The number of allylic oxidation sites excluding steroid dienone is 1. The number of benzene rings is 7. The van der Waals surface area contributed by atoms with Crippen molar-refractivity contribution in [3.63, 3.8) is 0 Å². The van der Waals surface area contributed by atoms with E-state index >= 15 is 0 Å². The highest BCUT2D eigenvalue weighted by Gasteiger charge is 2.24. The Hall–Kier alpha value is -6.65. The van der Waals surface area contributed by atoms with E-state index in [2.05, 4.69) is 127 Å². The molecule has 0 N–H and O–H groups in total. The zero-order valence-electron chi connectivity index (χ0n) is 27.8. The fourth-order valence-corrected chi connectivity index (χ4v) is 7.57. The summed E-state index contributed by atoms with van der Waals surface area (Å²) in [6.45, 7) is 0. The number of rotatable bonds is 5. The maximum absolute atomic E-state index is 6.49. The lowest BCUT2D eigenvalue weighted by molar-refractivity contribution is 0.669. The summed E-state index contributed by atoms with van der Waals surface area (Å²) in [5.41, 5.74) is 11.6. The van der Waals surface area contributed by atoms with Crippen molar-refractivity contribution in [2.75, 3.05) is 0 Å². The molecule has 240 valence electrons. The molecule has 0 aliphatic heterocycles. The van der Waals surface area contributed by atoms with Gasteiger partial charge in [0.05, 0.1) is 0 Å². The molecule has 10 rings (SSSR count). The summed E-state index contributed by atoms with van der Waals surface area (Å²) in [6, 6.07) is 52.7. The van der Waals surface area contributed by atoms with Gasteiger partial charge in [-0.05, 0) is 81.3 Å². The van der Waals surface area contributed by atoms with Crippen molar-refractivity contribution >= 4 is 38.8 Å². The van der Waals surface area contributed by atoms with E-state index in [0.717, 1.165) is 68.2 Å². The fraction of sp³-hybridized carbons (Fsp3) is 0.0426. The van der Waals surface area contributed by atoms with Crippen LogP contribution in [-0.2, 0) is 6.42 Å². The molecular formula is C47H31N3O. The van der Waals surface area contributed by atoms with Gasteiger partial charge in [0.25, 0.3) is 0 Å². The van der Waals surface area contributed by atoms with Crippen LogP contribution < -0.4 is 0 Å². The summed E-state index contributed by atoms with van der Waals surface area (Å²) in [7, 11) is 0. The smallest absolute Gasteiger partial charge is 0.165 e. The SMILES string of the molecule is C1=Cc2c(cc(-c3ccc4oc5ccccc5c4c3-c3nc(-c4ccccc4)nc(-c4ccc(-c5ccccc5)cc4)n3)c3ccccc23)CC1. The Balaban J connectivity index is 1.28. The molecule has 1 aliphatic carbocycles. The molecule has 2 heterocycles. The first-order valence-corrected chi connectivity index (χ1v) is 17.4. The monoisotopic (exact) mass is 653 g/mol. The van der Waals surface area contributed by atoms with Gasteiger partial charge in [-0.25, -0.2) is 15.0 Å². The van der Waals surface area contributed by atoms with Gasteiger partial charge in [0.15, 0.2) is 17.5 Å². The molecule has 0 atom stereocenters. The van der Waals surface area contributed by atoms with Crippen LogP contribution in [0.15, 0.2) is 162 Å². The summed E-state index contributed by atoms with van der Waals surface area (Å²) in [6.07, 6.45) is 6.60. The lowest BCUT2D eigenvalue weighted by atomic mass is 9.85. The lowest BCUT2D eigenvalue weighted by Crippen LogP contribution is -2.02. The van der Waals surface area contributed by atoms with Crippen molar-refractivity contribution in [3.8, 4) is 56.4 Å². The van der Waals surface area contributed by atoms with Gasteiger partial charge in [-0.2, -0.15) is 0 Å². The van der Waals surface area contributed by atoms with E-state index in [4.69, 9.17) is 19.4 Å². The van der Waals surface area contributed by atoms with Gasteiger partial charge < -0.3 is 4.42 Å². The van der Waals surface area contributed by atoms with E-state index in [0.29, 0.717) is 17.5 Å². The van der Waals surface area contributed by atoms with E-state index in [1.807, 2.05) is 36.4 Å². The molecule has 0 amide bonds. The van der Waals surface area contributed by atoms with Gasteiger partial charge in [-0.1, -0.05) is 140 Å². The molecule has 0 saturated carbocycles. The second kappa shape index (κ2) is 12.0. The van der Waals surface area contributed by atoms with Crippen molar-refractivity contribution < 1.29 is 4.42 Å². The van der Waals surface area contributed by atoms with Crippen LogP contribution in [0.5, 0.6) is 0 Å². The van der Waals surface area contributed by atoms with Gasteiger partial charge in [-0.3, -0.25) is 0 Å². The second-order valence-electron chi connectivity index (χ2n) is 13.1. The molecule has 1 aliphatic rings. The Labute approximate surface area is 295 Å². The first-order chi connectivity index (χ1) is 25.3. The summed E-state index contributed by atoms with van der Waals surface area (Å²) < 4.78 is 6.49. The predicted molar refractivity (Wildman–Crippen MR) is 209 cm³/mol. The lowest BCUT2D eigenvalue weighted by Gasteiger charge is -2.19.